The summed E-state index contributed by atoms with van der Waals surface area (Å²) in [5.41, 5.74) is 7.82. The molecule has 0 aliphatic carbocycles. The molecule has 2 aromatic rings. The molecule has 2 saturated heterocycles. The lowest BCUT2D eigenvalue weighted by atomic mass is 9.93. The molecule has 2 aliphatic rings. The average molecular weight is 517 g/mol. The number of benzene rings is 2. The molecule has 2 bridgehead atoms. The van der Waals surface area contributed by atoms with E-state index in [-0.39, 0.29) is 11.9 Å². The minimum Gasteiger partial charge on any atom is -0.292 e. The van der Waals surface area contributed by atoms with Crippen molar-refractivity contribution in [3.63, 3.8) is 0 Å². The van der Waals surface area contributed by atoms with E-state index in [1.54, 1.807) is 0 Å². The highest BCUT2D eigenvalue weighted by molar-refractivity contribution is 5.93. The molecular weight excluding hydrogens is 468 g/mol. The first-order chi connectivity index (χ1) is 18.6. The SMILES string of the molecule is C=CCN1C2CCC1CN(C(c1ccc(C(=O)NN(CC)CCCCC)cc1)c1cccc(CC)c1)CC2. The lowest BCUT2D eigenvalue weighted by molar-refractivity contribution is 0.0794. The number of fused-ring (bicyclic) bond motifs is 2. The Hall–Kier alpha value is -2.47. The Bertz CT molecular complexity index is 1040. The number of likely N-dealkylation sites (tertiary alicyclic amines) is 1. The fraction of sp³-hybridized carbons (Fsp3) is 0.545. The number of aryl methyl sites for hydroxylation is 1. The monoisotopic (exact) mass is 516 g/mol. The van der Waals surface area contributed by atoms with Crippen LogP contribution in [0.1, 0.15) is 92.4 Å². The van der Waals surface area contributed by atoms with E-state index in [1.807, 2.05) is 17.1 Å². The Labute approximate surface area is 230 Å². The standard InChI is InChI=1S/C33H48N4O/c1-5-9-10-22-36(8-4)34-33(38)28-16-14-27(15-17-28)32(29-13-11-12-26(7-3)24-29)35-23-20-30-18-19-31(25-35)37(30)21-6-2/h6,11-17,24,30-32H,2,5,7-10,18-23,25H2,1,3-4H3,(H,34,38). The van der Waals surface area contributed by atoms with Crippen LogP contribution >= 0.6 is 0 Å². The van der Waals surface area contributed by atoms with Crippen molar-refractivity contribution in [2.24, 2.45) is 0 Å². The van der Waals surface area contributed by atoms with E-state index in [4.69, 9.17) is 0 Å². The van der Waals surface area contributed by atoms with Gasteiger partial charge in [0.1, 0.15) is 0 Å². The molecule has 3 unspecified atom stereocenters. The van der Waals surface area contributed by atoms with Crippen molar-refractivity contribution in [1.82, 2.24) is 20.2 Å². The van der Waals surface area contributed by atoms with Crippen LogP contribution < -0.4 is 5.43 Å². The minimum absolute atomic E-state index is 0.0217. The van der Waals surface area contributed by atoms with Gasteiger partial charge in [-0.05, 0) is 60.9 Å². The maximum Gasteiger partial charge on any atom is 0.265 e. The van der Waals surface area contributed by atoms with Crippen molar-refractivity contribution in [3.05, 3.63) is 83.4 Å². The number of amides is 1. The molecule has 5 heteroatoms. The molecule has 3 atom stereocenters. The molecular formula is C33H48N4O. The molecule has 4 rings (SSSR count). The molecule has 206 valence electrons. The molecule has 0 aromatic heterocycles. The van der Waals surface area contributed by atoms with E-state index in [0.29, 0.717) is 12.1 Å². The van der Waals surface area contributed by atoms with Crippen LogP contribution in [0.2, 0.25) is 0 Å². The van der Waals surface area contributed by atoms with Crippen LogP contribution in [0.5, 0.6) is 0 Å². The lowest BCUT2D eigenvalue weighted by Crippen LogP contribution is -2.42. The largest absolute Gasteiger partial charge is 0.292 e. The Morgan fingerprint density at radius 1 is 1.05 bits per heavy atom. The molecule has 0 radical (unpaired) electrons. The van der Waals surface area contributed by atoms with Gasteiger partial charge in [0.2, 0.25) is 0 Å². The van der Waals surface area contributed by atoms with Crippen molar-refractivity contribution >= 4 is 5.91 Å². The highest BCUT2D eigenvalue weighted by Gasteiger charge is 2.38. The van der Waals surface area contributed by atoms with Crippen LogP contribution in [0.25, 0.3) is 0 Å². The summed E-state index contributed by atoms with van der Waals surface area (Å²) in [4.78, 5) is 18.4. The third-order valence-electron chi connectivity index (χ3n) is 8.51. The number of hydrazine groups is 1. The smallest absolute Gasteiger partial charge is 0.265 e. The fourth-order valence-corrected chi connectivity index (χ4v) is 6.35. The summed E-state index contributed by atoms with van der Waals surface area (Å²) in [5, 5.41) is 2.03. The second-order valence-electron chi connectivity index (χ2n) is 11.0. The molecule has 1 N–H and O–H groups in total. The van der Waals surface area contributed by atoms with Crippen molar-refractivity contribution in [2.75, 3.05) is 32.7 Å². The van der Waals surface area contributed by atoms with Crippen LogP contribution in [-0.2, 0) is 6.42 Å². The Morgan fingerprint density at radius 3 is 2.55 bits per heavy atom. The first-order valence-corrected chi connectivity index (χ1v) is 14.9. The third-order valence-corrected chi connectivity index (χ3v) is 8.51. The van der Waals surface area contributed by atoms with Gasteiger partial charge < -0.3 is 0 Å². The number of carbonyl (C=O) groups is 1. The number of nitrogens with zero attached hydrogens (tertiary/aromatic N) is 3. The number of nitrogens with one attached hydrogen (secondary N) is 1. The maximum atomic E-state index is 13.0. The molecule has 5 nitrogen and oxygen atoms in total. The molecule has 2 aromatic carbocycles. The summed E-state index contributed by atoms with van der Waals surface area (Å²) >= 11 is 0. The van der Waals surface area contributed by atoms with Gasteiger partial charge in [0.15, 0.2) is 0 Å². The highest BCUT2D eigenvalue weighted by Crippen LogP contribution is 2.36. The maximum absolute atomic E-state index is 13.0. The molecule has 2 aliphatic heterocycles. The first-order valence-electron chi connectivity index (χ1n) is 14.9. The Morgan fingerprint density at radius 2 is 1.84 bits per heavy atom. The molecule has 1 amide bonds. The van der Waals surface area contributed by atoms with Gasteiger partial charge in [-0.15, -0.1) is 6.58 Å². The molecule has 0 spiro atoms. The van der Waals surface area contributed by atoms with Crippen LogP contribution in [0.4, 0.5) is 0 Å². The molecule has 2 heterocycles. The Balaban J connectivity index is 1.56. The van der Waals surface area contributed by atoms with E-state index in [0.717, 1.165) is 51.1 Å². The number of rotatable bonds is 13. The van der Waals surface area contributed by atoms with Crippen LogP contribution in [-0.4, -0.2) is 65.5 Å². The van der Waals surface area contributed by atoms with Crippen molar-refractivity contribution in [2.45, 2.75) is 83.8 Å². The van der Waals surface area contributed by atoms with E-state index in [9.17, 15) is 4.79 Å². The normalized spacial score (nSPS) is 20.8. The minimum atomic E-state index is -0.0217. The second kappa shape index (κ2) is 14.1. The summed E-state index contributed by atoms with van der Waals surface area (Å²) in [5.74, 6) is -0.0217. The zero-order chi connectivity index (χ0) is 26.9. The van der Waals surface area contributed by atoms with E-state index < -0.39 is 0 Å². The predicted molar refractivity (Wildman–Crippen MR) is 158 cm³/mol. The summed E-state index contributed by atoms with van der Waals surface area (Å²) in [6.07, 6.45) is 10.3. The van der Waals surface area contributed by atoms with Gasteiger partial charge in [-0.25, -0.2) is 5.01 Å². The first kappa shape index (κ1) is 28.5. The van der Waals surface area contributed by atoms with Gasteiger partial charge in [0.25, 0.3) is 5.91 Å². The molecule has 2 fully saturated rings. The zero-order valence-corrected chi connectivity index (χ0v) is 23.9. The quantitative estimate of drug-likeness (QED) is 0.195. The van der Waals surface area contributed by atoms with E-state index in [2.05, 4.69) is 85.0 Å². The zero-order valence-electron chi connectivity index (χ0n) is 23.9. The van der Waals surface area contributed by atoms with Gasteiger partial charge >= 0.3 is 0 Å². The topological polar surface area (TPSA) is 38.8 Å². The average Bonchev–Trinajstić information content (AvgIpc) is 3.22. The lowest BCUT2D eigenvalue weighted by Gasteiger charge is -2.34. The number of hydrogen-bond acceptors (Lipinski definition) is 4. The summed E-state index contributed by atoms with van der Waals surface area (Å²) in [7, 11) is 0. The summed E-state index contributed by atoms with van der Waals surface area (Å²) in [6.45, 7) is 15.4. The van der Waals surface area contributed by atoms with E-state index in [1.165, 1.54) is 48.8 Å². The fourth-order valence-electron chi connectivity index (χ4n) is 6.35. The highest BCUT2D eigenvalue weighted by atomic mass is 16.2. The third kappa shape index (κ3) is 6.93. The number of hydrogen-bond donors (Lipinski definition) is 1. The van der Waals surface area contributed by atoms with Gasteiger partial charge in [-0.2, -0.15) is 0 Å². The molecule has 38 heavy (non-hydrogen) atoms. The van der Waals surface area contributed by atoms with Crippen LogP contribution in [0.3, 0.4) is 0 Å². The van der Waals surface area contributed by atoms with Gasteiger partial charge in [0.05, 0.1) is 6.04 Å². The summed E-state index contributed by atoms with van der Waals surface area (Å²) < 4.78 is 0. The van der Waals surface area contributed by atoms with Crippen molar-refractivity contribution in [1.29, 1.82) is 0 Å². The Kier molecular flexibility index (Phi) is 10.6. The van der Waals surface area contributed by atoms with Gasteiger partial charge in [-0.1, -0.05) is 76.1 Å². The van der Waals surface area contributed by atoms with Crippen molar-refractivity contribution < 1.29 is 4.79 Å². The van der Waals surface area contributed by atoms with Crippen LogP contribution in [0.15, 0.2) is 61.2 Å². The second-order valence-corrected chi connectivity index (χ2v) is 11.0. The number of carbonyl (C=O) groups excluding carboxylic acids is 1. The van der Waals surface area contributed by atoms with Crippen molar-refractivity contribution in [3.8, 4) is 0 Å². The number of unbranched alkanes of at least 4 members (excludes halogenated alkanes) is 2. The van der Waals surface area contributed by atoms with E-state index >= 15 is 0 Å². The van der Waals surface area contributed by atoms with Gasteiger partial charge in [0, 0.05) is 50.4 Å². The van der Waals surface area contributed by atoms with Gasteiger partial charge in [-0.3, -0.25) is 20.0 Å². The van der Waals surface area contributed by atoms with Crippen LogP contribution in [0, 0.1) is 0 Å². The predicted octanol–water partition coefficient (Wildman–Crippen LogP) is 6.22. The summed E-state index contributed by atoms with van der Waals surface area (Å²) in [6, 6.07) is 18.9. The molecule has 0 saturated carbocycles.